The van der Waals surface area contributed by atoms with Crippen LogP contribution in [0.2, 0.25) is 5.02 Å². The second-order valence-corrected chi connectivity index (χ2v) is 14.1. The number of thiol groups is 1. The van der Waals surface area contributed by atoms with Gasteiger partial charge in [0, 0.05) is 54.5 Å². The molecule has 1 saturated carbocycles. The Bertz CT molecular complexity index is 1630. The number of amides is 1. The number of aryl methyl sites for hydroxylation is 1. The Hall–Kier alpha value is -3.13. The molecule has 1 aromatic heterocycles. The Kier molecular flexibility index (Phi) is 10.2. The minimum absolute atomic E-state index is 0.0360. The lowest BCUT2D eigenvalue weighted by molar-refractivity contribution is 0.0619. The van der Waals surface area contributed by atoms with E-state index >= 15 is 0 Å². The molecule has 0 radical (unpaired) electrons. The fourth-order valence-corrected chi connectivity index (χ4v) is 8.13. The number of carbonyl (C=O) groups excluding carboxylic acids is 1. The average Bonchev–Trinajstić information content (AvgIpc) is 3.50. The summed E-state index contributed by atoms with van der Waals surface area (Å²) in [6.45, 7) is 6.24. The van der Waals surface area contributed by atoms with Crippen molar-refractivity contribution in [2.75, 3.05) is 26.7 Å². The lowest BCUT2D eigenvalue weighted by Gasteiger charge is -2.46. The molecule has 0 bridgehead atoms. The van der Waals surface area contributed by atoms with Crippen LogP contribution in [-0.2, 0) is 18.4 Å². The van der Waals surface area contributed by atoms with Crippen molar-refractivity contribution < 1.29 is 9.18 Å². The van der Waals surface area contributed by atoms with Gasteiger partial charge in [0.1, 0.15) is 5.82 Å². The molecule has 242 valence electrons. The van der Waals surface area contributed by atoms with Crippen LogP contribution in [0.1, 0.15) is 84.2 Å². The van der Waals surface area contributed by atoms with Crippen molar-refractivity contribution in [3.63, 3.8) is 0 Å². The predicted octanol–water partition coefficient (Wildman–Crippen LogP) is 8.41. The number of piperidine rings is 1. The third kappa shape index (κ3) is 7.07. The molecule has 2 fully saturated rings. The first-order valence-corrected chi connectivity index (χ1v) is 17.4. The van der Waals surface area contributed by atoms with E-state index in [1.165, 1.54) is 29.0 Å². The van der Waals surface area contributed by atoms with Crippen molar-refractivity contribution in [3.05, 3.63) is 118 Å². The van der Waals surface area contributed by atoms with E-state index in [4.69, 9.17) is 16.7 Å². The van der Waals surface area contributed by atoms with Gasteiger partial charge >= 0.3 is 0 Å². The number of carbonyl (C=O) groups is 1. The molecule has 1 saturated heterocycles. The molecule has 5 nitrogen and oxygen atoms in total. The van der Waals surface area contributed by atoms with Crippen molar-refractivity contribution in [1.82, 2.24) is 19.6 Å². The lowest BCUT2D eigenvalue weighted by Crippen LogP contribution is -2.49. The van der Waals surface area contributed by atoms with Crippen LogP contribution in [-0.4, -0.2) is 58.2 Å². The van der Waals surface area contributed by atoms with Crippen LogP contribution in [0.15, 0.2) is 83.8 Å². The Labute approximate surface area is 283 Å². The molecule has 1 aliphatic heterocycles. The lowest BCUT2D eigenvalue weighted by atomic mass is 9.67. The maximum Gasteiger partial charge on any atom is 0.255 e. The predicted molar refractivity (Wildman–Crippen MR) is 187 cm³/mol. The molecule has 3 aromatic carbocycles. The first-order valence-electron chi connectivity index (χ1n) is 16.6. The molecular weight excluding hydrogens is 615 g/mol. The van der Waals surface area contributed by atoms with Crippen molar-refractivity contribution in [1.29, 1.82) is 0 Å². The van der Waals surface area contributed by atoms with Crippen LogP contribution in [0.4, 0.5) is 4.39 Å². The first kappa shape index (κ1) is 32.8. The number of halogens is 2. The molecule has 4 aromatic rings. The largest absolute Gasteiger partial charge is 0.339 e. The summed E-state index contributed by atoms with van der Waals surface area (Å²) in [4.78, 5) is 18.0. The molecule has 2 aliphatic rings. The smallest absolute Gasteiger partial charge is 0.255 e. The summed E-state index contributed by atoms with van der Waals surface area (Å²) in [5.41, 5.74) is 5.56. The third-order valence-corrected chi connectivity index (χ3v) is 11.0. The zero-order chi connectivity index (χ0) is 32.3. The van der Waals surface area contributed by atoms with Gasteiger partial charge in [-0.05, 0) is 87.9 Å². The fourth-order valence-electron chi connectivity index (χ4n) is 7.70. The van der Waals surface area contributed by atoms with Crippen LogP contribution in [0, 0.1) is 5.82 Å². The van der Waals surface area contributed by atoms with Crippen molar-refractivity contribution in [3.8, 4) is 0 Å². The van der Waals surface area contributed by atoms with Crippen molar-refractivity contribution in [2.24, 2.45) is 0 Å². The number of rotatable bonds is 9. The van der Waals surface area contributed by atoms with Gasteiger partial charge < -0.3 is 9.80 Å². The molecule has 0 unspecified atom stereocenters. The monoisotopic (exact) mass is 658 g/mol. The van der Waals surface area contributed by atoms with Crippen LogP contribution in [0.3, 0.4) is 0 Å². The maximum atomic E-state index is 13.9. The van der Waals surface area contributed by atoms with Gasteiger partial charge in [0.15, 0.2) is 0 Å². The van der Waals surface area contributed by atoms with E-state index in [0.717, 1.165) is 76.8 Å². The highest BCUT2D eigenvalue weighted by atomic mass is 35.5. The van der Waals surface area contributed by atoms with Gasteiger partial charge in [0.05, 0.1) is 16.3 Å². The summed E-state index contributed by atoms with van der Waals surface area (Å²) in [6.07, 6.45) is 6.94. The van der Waals surface area contributed by atoms with Crippen LogP contribution in [0.25, 0.3) is 0 Å². The summed E-state index contributed by atoms with van der Waals surface area (Å²) < 4.78 is 16.2. The number of hydrogen-bond donors (Lipinski definition) is 1. The van der Waals surface area contributed by atoms with Crippen LogP contribution in [0.5, 0.6) is 0 Å². The maximum absolute atomic E-state index is 13.9. The van der Waals surface area contributed by atoms with Gasteiger partial charge in [0.2, 0.25) is 0 Å². The second kappa shape index (κ2) is 14.3. The van der Waals surface area contributed by atoms with E-state index in [0.29, 0.717) is 11.5 Å². The standard InChI is InChI=1S/C38H44ClFN4OS/c1-3-44-35(23-30(41-44)22-27-10-6-4-7-11-27)28-16-20-43(21-17-28)26-38(29-12-8-5-9-13-29)18-14-31(15-19-38)42(2)37(45)32-24-36(46)34(40)25-33(32)39/h4-13,23-25,28,31,46H,3,14-22,26H2,1-2H3. The summed E-state index contributed by atoms with van der Waals surface area (Å²) in [7, 11) is 1.84. The number of likely N-dealkylation sites (tertiary alicyclic amines) is 1. The molecule has 0 N–H and O–H groups in total. The summed E-state index contributed by atoms with van der Waals surface area (Å²) >= 11 is 10.5. The Morgan fingerprint density at radius 3 is 2.30 bits per heavy atom. The Balaban J connectivity index is 1.12. The van der Waals surface area contributed by atoms with E-state index in [-0.39, 0.29) is 27.3 Å². The molecule has 1 amide bonds. The van der Waals surface area contributed by atoms with Gasteiger partial charge in [-0.15, -0.1) is 12.6 Å². The fraction of sp³-hybridized carbons (Fsp3) is 0.421. The molecule has 8 heteroatoms. The van der Waals surface area contributed by atoms with Gasteiger partial charge in [0.25, 0.3) is 5.91 Å². The Morgan fingerprint density at radius 1 is 1.00 bits per heavy atom. The van der Waals surface area contributed by atoms with Crippen LogP contribution >= 0.6 is 24.2 Å². The SMILES string of the molecule is CCn1nc(Cc2ccccc2)cc1C1CCN(CC2(c3ccccc3)CCC(N(C)C(=O)c3cc(S)c(F)cc3Cl)CC2)CC1. The number of hydrogen-bond acceptors (Lipinski definition) is 4. The minimum atomic E-state index is -0.523. The second-order valence-electron chi connectivity index (χ2n) is 13.2. The zero-order valence-electron chi connectivity index (χ0n) is 26.8. The van der Waals surface area contributed by atoms with Gasteiger partial charge in [-0.3, -0.25) is 9.48 Å². The van der Waals surface area contributed by atoms with E-state index in [1.807, 2.05) is 7.05 Å². The van der Waals surface area contributed by atoms with Crippen LogP contribution < -0.4 is 0 Å². The van der Waals surface area contributed by atoms with Crippen molar-refractivity contribution in [2.45, 2.75) is 80.7 Å². The highest BCUT2D eigenvalue weighted by molar-refractivity contribution is 7.80. The normalized spacial score (nSPS) is 20.9. The van der Waals surface area contributed by atoms with Gasteiger partial charge in [-0.1, -0.05) is 72.3 Å². The molecule has 46 heavy (non-hydrogen) atoms. The minimum Gasteiger partial charge on any atom is -0.339 e. The zero-order valence-corrected chi connectivity index (χ0v) is 28.5. The molecule has 6 rings (SSSR count). The Morgan fingerprint density at radius 2 is 1.65 bits per heavy atom. The van der Waals surface area contributed by atoms with Crippen molar-refractivity contribution >= 4 is 30.1 Å². The van der Waals surface area contributed by atoms with Gasteiger partial charge in [-0.25, -0.2) is 4.39 Å². The molecule has 0 atom stereocenters. The van der Waals surface area contributed by atoms with E-state index in [1.54, 1.807) is 4.90 Å². The van der Waals surface area contributed by atoms with E-state index in [9.17, 15) is 9.18 Å². The quantitative estimate of drug-likeness (QED) is 0.184. The van der Waals surface area contributed by atoms with Gasteiger partial charge in [-0.2, -0.15) is 5.10 Å². The summed E-state index contributed by atoms with van der Waals surface area (Å²) in [6, 6.07) is 26.6. The molecule has 0 spiro atoms. The number of aromatic nitrogens is 2. The number of nitrogens with zero attached hydrogens (tertiary/aromatic N) is 4. The van der Waals surface area contributed by atoms with E-state index < -0.39 is 5.82 Å². The summed E-state index contributed by atoms with van der Waals surface area (Å²) in [5, 5.41) is 5.10. The third-order valence-electron chi connectivity index (χ3n) is 10.4. The molecule has 2 heterocycles. The highest BCUT2D eigenvalue weighted by Gasteiger charge is 2.41. The summed E-state index contributed by atoms with van der Waals surface area (Å²) in [5.74, 6) is -0.184. The topological polar surface area (TPSA) is 41.4 Å². The number of benzene rings is 3. The average molecular weight is 659 g/mol. The molecule has 1 aliphatic carbocycles. The van der Waals surface area contributed by atoms with E-state index in [2.05, 4.69) is 95.9 Å². The molecular formula is C38H44ClFN4OS. The highest BCUT2D eigenvalue weighted by Crippen LogP contribution is 2.43. The first-order chi connectivity index (χ1) is 22.3.